The Morgan fingerprint density at radius 2 is 2.00 bits per heavy atom. The molecule has 2 atom stereocenters. The largest absolute Gasteiger partial charge is 0.508 e. The normalized spacial score (nSPS) is 20.0. The molecule has 1 aliphatic rings. The second-order valence-electron chi connectivity index (χ2n) is 5.44. The molecule has 4 N–H and O–H groups in total. The fraction of sp³-hybridized carbons (Fsp3) is 0.467. The van der Waals surface area contributed by atoms with Crippen LogP contribution < -0.4 is 5.73 Å². The van der Waals surface area contributed by atoms with Gasteiger partial charge in [0.1, 0.15) is 5.75 Å². The predicted octanol–water partition coefficient (Wildman–Crippen LogP) is 0.585. The van der Waals surface area contributed by atoms with Crippen molar-refractivity contribution in [1.82, 2.24) is 4.90 Å². The van der Waals surface area contributed by atoms with Crippen molar-refractivity contribution in [1.29, 1.82) is 0 Å². The number of aromatic hydroxyl groups is 1. The Balaban J connectivity index is 1.95. The summed E-state index contributed by atoms with van der Waals surface area (Å²) in [6.07, 6.45) is 1.66. The van der Waals surface area contributed by atoms with Crippen LogP contribution in [0.3, 0.4) is 0 Å². The highest BCUT2D eigenvalue weighted by Crippen LogP contribution is 2.18. The number of nitrogens with two attached hydrogens (primary N) is 1. The van der Waals surface area contributed by atoms with Gasteiger partial charge in [-0.15, -0.1) is 0 Å². The number of carboxylic acids is 1. The summed E-state index contributed by atoms with van der Waals surface area (Å²) >= 11 is 0. The Labute approximate surface area is 123 Å². The van der Waals surface area contributed by atoms with Gasteiger partial charge in [0.05, 0.1) is 12.0 Å². The first kappa shape index (κ1) is 15.3. The molecule has 1 aromatic rings. The summed E-state index contributed by atoms with van der Waals surface area (Å²) in [7, 11) is 0. The Morgan fingerprint density at radius 1 is 1.33 bits per heavy atom. The van der Waals surface area contributed by atoms with Gasteiger partial charge in [0.25, 0.3) is 0 Å². The number of phenols is 1. The van der Waals surface area contributed by atoms with Crippen LogP contribution >= 0.6 is 0 Å². The summed E-state index contributed by atoms with van der Waals surface area (Å²) in [5, 5.41) is 18.3. The van der Waals surface area contributed by atoms with Gasteiger partial charge in [0.15, 0.2) is 0 Å². The van der Waals surface area contributed by atoms with Crippen molar-refractivity contribution < 1.29 is 19.8 Å². The van der Waals surface area contributed by atoms with E-state index in [0.29, 0.717) is 25.8 Å². The molecule has 1 aliphatic heterocycles. The molecule has 0 saturated carbocycles. The molecule has 0 spiro atoms. The Morgan fingerprint density at radius 3 is 2.62 bits per heavy atom. The molecule has 21 heavy (non-hydrogen) atoms. The number of piperidine rings is 1. The fourth-order valence-electron chi connectivity index (χ4n) is 2.59. The van der Waals surface area contributed by atoms with Crippen molar-refractivity contribution in [3.63, 3.8) is 0 Å². The van der Waals surface area contributed by atoms with Crippen molar-refractivity contribution >= 4 is 11.9 Å². The van der Waals surface area contributed by atoms with Crippen molar-refractivity contribution in [2.75, 3.05) is 13.1 Å². The summed E-state index contributed by atoms with van der Waals surface area (Å²) in [5.41, 5.74) is 6.80. The highest BCUT2D eigenvalue weighted by molar-refractivity contribution is 5.83. The highest BCUT2D eigenvalue weighted by Gasteiger charge is 2.30. The van der Waals surface area contributed by atoms with E-state index in [1.807, 2.05) is 0 Å². The van der Waals surface area contributed by atoms with E-state index in [1.54, 1.807) is 29.2 Å². The van der Waals surface area contributed by atoms with Gasteiger partial charge >= 0.3 is 5.97 Å². The Hall–Kier alpha value is -2.08. The number of amides is 1. The van der Waals surface area contributed by atoms with E-state index in [-0.39, 0.29) is 18.2 Å². The molecule has 0 bridgehead atoms. The minimum absolute atomic E-state index is 0.166. The van der Waals surface area contributed by atoms with E-state index in [1.165, 1.54) is 0 Å². The third kappa shape index (κ3) is 3.95. The van der Waals surface area contributed by atoms with E-state index < -0.39 is 17.9 Å². The molecular formula is C15H20N2O4. The molecule has 6 nitrogen and oxygen atoms in total. The number of carboxylic acid groups (broad SMARTS) is 1. The van der Waals surface area contributed by atoms with Crippen LogP contribution in [-0.4, -0.2) is 46.1 Å². The van der Waals surface area contributed by atoms with Gasteiger partial charge in [-0.2, -0.15) is 0 Å². The van der Waals surface area contributed by atoms with Gasteiger partial charge in [-0.1, -0.05) is 12.1 Å². The van der Waals surface area contributed by atoms with Crippen LogP contribution in [-0.2, 0) is 16.0 Å². The van der Waals surface area contributed by atoms with E-state index in [9.17, 15) is 14.7 Å². The van der Waals surface area contributed by atoms with Gasteiger partial charge in [-0.25, -0.2) is 0 Å². The number of rotatable bonds is 4. The lowest BCUT2D eigenvalue weighted by atomic mass is 9.97. The third-order valence-electron chi connectivity index (χ3n) is 3.79. The monoisotopic (exact) mass is 292 g/mol. The standard InChI is InChI=1S/C15H20N2O4/c16-13(8-10-3-5-12(18)6-4-10)14(19)17-7-1-2-11(9-17)15(20)21/h3-6,11,13,18H,1-2,7-9,16H2,(H,20,21)/t11-,13+/m1/s1. The maximum Gasteiger partial charge on any atom is 0.308 e. The van der Waals surface area contributed by atoms with Gasteiger partial charge in [0, 0.05) is 13.1 Å². The fourth-order valence-corrected chi connectivity index (χ4v) is 2.59. The molecule has 0 unspecified atom stereocenters. The van der Waals surface area contributed by atoms with Crippen LogP contribution in [0.25, 0.3) is 0 Å². The number of carbonyl (C=O) groups is 2. The van der Waals surface area contributed by atoms with Crippen molar-refractivity contribution in [3.8, 4) is 5.75 Å². The van der Waals surface area contributed by atoms with Crippen molar-refractivity contribution in [2.24, 2.45) is 11.7 Å². The lowest BCUT2D eigenvalue weighted by Gasteiger charge is -2.32. The Kier molecular flexibility index (Phi) is 4.80. The van der Waals surface area contributed by atoms with Gasteiger partial charge < -0.3 is 20.8 Å². The average molecular weight is 292 g/mol. The molecular weight excluding hydrogens is 272 g/mol. The molecule has 2 rings (SSSR count). The predicted molar refractivity (Wildman–Crippen MR) is 76.7 cm³/mol. The summed E-state index contributed by atoms with van der Waals surface area (Å²) in [5.74, 6) is -1.41. The van der Waals surface area contributed by atoms with Gasteiger partial charge in [-0.3, -0.25) is 9.59 Å². The van der Waals surface area contributed by atoms with Crippen molar-refractivity contribution in [2.45, 2.75) is 25.3 Å². The Bertz CT molecular complexity index is 515. The van der Waals surface area contributed by atoms with E-state index in [2.05, 4.69) is 0 Å². The number of nitrogens with zero attached hydrogens (tertiary/aromatic N) is 1. The van der Waals surface area contributed by atoms with E-state index in [0.717, 1.165) is 5.56 Å². The number of benzene rings is 1. The molecule has 114 valence electrons. The number of hydrogen-bond acceptors (Lipinski definition) is 4. The van der Waals surface area contributed by atoms with Gasteiger partial charge in [0.2, 0.25) is 5.91 Å². The summed E-state index contributed by atoms with van der Waals surface area (Å²) in [4.78, 5) is 24.9. The zero-order valence-corrected chi connectivity index (χ0v) is 11.7. The SMILES string of the molecule is N[C@@H](Cc1ccc(O)cc1)C(=O)N1CCC[C@@H](C(=O)O)C1. The van der Waals surface area contributed by atoms with Crippen LogP contribution in [0.4, 0.5) is 0 Å². The van der Waals surface area contributed by atoms with Crippen molar-refractivity contribution in [3.05, 3.63) is 29.8 Å². The zero-order valence-electron chi connectivity index (χ0n) is 11.7. The van der Waals surface area contributed by atoms with E-state index in [4.69, 9.17) is 10.8 Å². The number of aliphatic carboxylic acids is 1. The topological polar surface area (TPSA) is 104 Å². The molecule has 0 aliphatic carbocycles. The summed E-state index contributed by atoms with van der Waals surface area (Å²) in [6, 6.07) is 5.85. The second-order valence-corrected chi connectivity index (χ2v) is 5.44. The molecule has 0 aromatic heterocycles. The molecule has 1 fully saturated rings. The first-order valence-electron chi connectivity index (χ1n) is 7.02. The van der Waals surface area contributed by atoms with E-state index >= 15 is 0 Å². The smallest absolute Gasteiger partial charge is 0.308 e. The highest BCUT2D eigenvalue weighted by atomic mass is 16.4. The summed E-state index contributed by atoms with van der Waals surface area (Å²) < 4.78 is 0. The minimum Gasteiger partial charge on any atom is -0.508 e. The number of phenolic OH excluding ortho intramolecular Hbond substituents is 1. The lowest BCUT2D eigenvalue weighted by molar-refractivity contribution is -0.146. The second kappa shape index (κ2) is 6.58. The molecule has 1 saturated heterocycles. The first-order chi connectivity index (χ1) is 9.97. The number of likely N-dealkylation sites (tertiary alicyclic amines) is 1. The van der Waals surface area contributed by atoms with Crippen LogP contribution in [0.2, 0.25) is 0 Å². The molecule has 1 amide bonds. The quantitative estimate of drug-likeness (QED) is 0.753. The van der Waals surface area contributed by atoms with Crippen LogP contribution in [0.15, 0.2) is 24.3 Å². The van der Waals surface area contributed by atoms with Crippen LogP contribution in [0.1, 0.15) is 18.4 Å². The number of hydrogen-bond donors (Lipinski definition) is 3. The van der Waals surface area contributed by atoms with Crippen LogP contribution in [0, 0.1) is 5.92 Å². The molecule has 0 radical (unpaired) electrons. The first-order valence-corrected chi connectivity index (χ1v) is 7.02. The maximum absolute atomic E-state index is 12.3. The third-order valence-corrected chi connectivity index (χ3v) is 3.79. The average Bonchev–Trinajstić information content (AvgIpc) is 2.49. The lowest BCUT2D eigenvalue weighted by Crippen LogP contribution is -2.49. The number of carbonyl (C=O) groups excluding carboxylic acids is 1. The minimum atomic E-state index is -0.861. The summed E-state index contributed by atoms with van der Waals surface area (Å²) in [6.45, 7) is 0.795. The molecule has 1 heterocycles. The zero-order chi connectivity index (χ0) is 15.4. The molecule has 6 heteroatoms. The van der Waals surface area contributed by atoms with Gasteiger partial charge in [-0.05, 0) is 37.0 Å². The molecule has 1 aromatic carbocycles. The maximum atomic E-state index is 12.3. The van der Waals surface area contributed by atoms with Crippen LogP contribution in [0.5, 0.6) is 5.75 Å².